The molecule has 8 heteroatoms. The predicted molar refractivity (Wildman–Crippen MR) is 51.1 cm³/mol. The Bertz CT molecular complexity index is 563. The lowest BCUT2D eigenvalue weighted by Crippen LogP contribution is -2.01. The van der Waals surface area contributed by atoms with Crippen molar-refractivity contribution in [2.24, 2.45) is 0 Å². The molecule has 17 heavy (non-hydrogen) atoms. The maximum absolute atomic E-state index is 12.5. The van der Waals surface area contributed by atoms with Gasteiger partial charge in [-0.05, 0) is 23.7 Å². The first-order valence-electron chi connectivity index (χ1n) is 4.27. The third-order valence-electron chi connectivity index (χ3n) is 1.94. The highest BCUT2D eigenvalue weighted by Crippen LogP contribution is 2.32. The Balaban J connectivity index is 2.59. The van der Waals surface area contributed by atoms with Crippen molar-refractivity contribution in [2.45, 2.75) is 6.43 Å². The van der Waals surface area contributed by atoms with Gasteiger partial charge in [-0.3, -0.25) is 0 Å². The van der Waals surface area contributed by atoms with Gasteiger partial charge in [0.05, 0.1) is 0 Å². The zero-order valence-corrected chi connectivity index (χ0v) is 8.74. The molecule has 0 aliphatic rings. The van der Waals surface area contributed by atoms with E-state index in [1.165, 1.54) is 12.1 Å². The molecule has 2 aromatic rings. The number of hydrogen-bond donors (Lipinski definition) is 1. The number of carboxylic acids is 1. The van der Waals surface area contributed by atoms with E-state index in [0.717, 1.165) is 0 Å². The molecule has 5 nitrogen and oxygen atoms in total. The minimum atomic E-state index is -3.08. The summed E-state index contributed by atoms with van der Waals surface area (Å²) >= 11 is 5.49. The highest BCUT2D eigenvalue weighted by Gasteiger charge is 2.30. The second-order valence-corrected chi connectivity index (χ2v) is 3.35. The second kappa shape index (κ2) is 4.17. The third kappa shape index (κ3) is 2.01. The van der Waals surface area contributed by atoms with Crippen LogP contribution in [0.4, 0.5) is 8.78 Å². The summed E-state index contributed by atoms with van der Waals surface area (Å²) in [6.45, 7) is 0. The van der Waals surface area contributed by atoms with Gasteiger partial charge in [0.2, 0.25) is 5.76 Å². The van der Waals surface area contributed by atoms with Gasteiger partial charge in [0.25, 0.3) is 6.43 Å². The van der Waals surface area contributed by atoms with E-state index >= 15 is 0 Å². The average Bonchev–Trinajstić information content (AvgIpc) is 2.82. The highest BCUT2D eigenvalue weighted by atomic mass is 35.5. The second-order valence-electron chi connectivity index (χ2n) is 2.98. The summed E-state index contributed by atoms with van der Waals surface area (Å²) in [5, 5.41) is 12.1. The fraction of sp³-hybridized carbons (Fsp3) is 0.111. The topological polar surface area (TPSA) is 76.5 Å². The van der Waals surface area contributed by atoms with Crippen molar-refractivity contribution >= 4 is 17.6 Å². The summed E-state index contributed by atoms with van der Waals surface area (Å²) in [6.07, 6.45) is -3.08. The first-order chi connectivity index (χ1) is 8.00. The van der Waals surface area contributed by atoms with Gasteiger partial charge in [-0.2, -0.15) is 0 Å². The molecule has 2 heterocycles. The first-order valence-corrected chi connectivity index (χ1v) is 4.65. The molecule has 0 spiro atoms. The molecule has 0 aliphatic heterocycles. The fourth-order valence-electron chi connectivity index (χ4n) is 1.27. The molecule has 0 unspecified atom stereocenters. The molecule has 0 radical (unpaired) electrons. The summed E-state index contributed by atoms with van der Waals surface area (Å²) in [7, 11) is 0. The quantitative estimate of drug-likeness (QED) is 0.920. The highest BCUT2D eigenvalue weighted by molar-refractivity contribution is 6.29. The Morgan fingerprint density at radius 1 is 1.47 bits per heavy atom. The lowest BCUT2D eigenvalue weighted by atomic mass is 10.1. The van der Waals surface area contributed by atoms with Crippen LogP contribution in [0.3, 0.4) is 0 Å². The Morgan fingerprint density at radius 3 is 2.65 bits per heavy atom. The molecular formula is C9H4ClF2NO4. The standard InChI is InChI=1S/C9H4ClF2NO4/c10-4-2-1-3(16-4)6-5(9(14)15)7(8(11)12)17-13-6/h1-2,8H,(H,14,15). The minimum Gasteiger partial charge on any atom is -0.477 e. The molecule has 0 bridgehead atoms. The molecule has 90 valence electrons. The maximum atomic E-state index is 12.5. The smallest absolute Gasteiger partial charge is 0.342 e. The van der Waals surface area contributed by atoms with Crippen molar-refractivity contribution in [1.29, 1.82) is 0 Å². The third-order valence-corrected chi connectivity index (χ3v) is 2.14. The van der Waals surface area contributed by atoms with E-state index in [4.69, 9.17) is 21.1 Å². The van der Waals surface area contributed by atoms with Gasteiger partial charge in [0.15, 0.2) is 16.7 Å². The number of alkyl halides is 2. The van der Waals surface area contributed by atoms with Crippen LogP contribution < -0.4 is 0 Å². The number of rotatable bonds is 3. The molecule has 0 amide bonds. The fourth-order valence-corrected chi connectivity index (χ4v) is 1.41. The van der Waals surface area contributed by atoms with Crippen LogP contribution in [-0.4, -0.2) is 16.2 Å². The number of nitrogens with zero attached hydrogens (tertiary/aromatic N) is 1. The summed E-state index contributed by atoms with van der Waals surface area (Å²) in [5.41, 5.74) is -1.05. The first kappa shape index (κ1) is 11.6. The SMILES string of the molecule is O=C(O)c1c(-c2ccc(Cl)o2)noc1C(F)F. The van der Waals surface area contributed by atoms with Crippen LogP contribution in [-0.2, 0) is 0 Å². The largest absolute Gasteiger partial charge is 0.477 e. The number of halogens is 3. The van der Waals surface area contributed by atoms with Gasteiger partial charge in [-0.1, -0.05) is 5.16 Å². The number of furan rings is 1. The Labute approximate surface area is 97.6 Å². The Hall–Kier alpha value is -1.89. The monoisotopic (exact) mass is 263 g/mol. The van der Waals surface area contributed by atoms with E-state index in [-0.39, 0.29) is 16.7 Å². The Kier molecular flexibility index (Phi) is 2.84. The number of carboxylic acid groups (broad SMARTS) is 1. The summed E-state index contributed by atoms with van der Waals surface area (Å²) in [5.74, 6) is -2.65. The van der Waals surface area contributed by atoms with Gasteiger partial charge in [-0.25, -0.2) is 13.6 Å². The van der Waals surface area contributed by atoms with Crippen molar-refractivity contribution < 1.29 is 27.6 Å². The van der Waals surface area contributed by atoms with Crippen LogP contribution in [0.2, 0.25) is 5.22 Å². The molecule has 1 N–H and O–H groups in total. The number of aromatic carboxylic acids is 1. The van der Waals surface area contributed by atoms with Crippen molar-refractivity contribution in [3.8, 4) is 11.5 Å². The lowest BCUT2D eigenvalue weighted by molar-refractivity contribution is 0.0670. The van der Waals surface area contributed by atoms with E-state index in [1.54, 1.807) is 0 Å². The van der Waals surface area contributed by atoms with Gasteiger partial charge < -0.3 is 14.0 Å². The zero-order chi connectivity index (χ0) is 12.6. The molecule has 0 aromatic carbocycles. The van der Waals surface area contributed by atoms with Gasteiger partial charge >= 0.3 is 5.97 Å². The van der Waals surface area contributed by atoms with E-state index < -0.39 is 23.7 Å². The number of aromatic nitrogens is 1. The maximum Gasteiger partial charge on any atom is 0.342 e. The normalized spacial score (nSPS) is 11.1. The molecule has 0 saturated heterocycles. The molecular weight excluding hydrogens is 260 g/mol. The summed E-state index contributed by atoms with van der Waals surface area (Å²) in [6, 6.07) is 2.64. The molecule has 2 aromatic heterocycles. The van der Waals surface area contributed by atoms with Crippen molar-refractivity contribution in [1.82, 2.24) is 5.16 Å². The predicted octanol–water partition coefficient (Wildman–Crippen LogP) is 3.22. The zero-order valence-electron chi connectivity index (χ0n) is 7.99. The van der Waals surface area contributed by atoms with E-state index in [2.05, 4.69) is 9.68 Å². The lowest BCUT2D eigenvalue weighted by Gasteiger charge is -1.95. The average molecular weight is 264 g/mol. The van der Waals surface area contributed by atoms with Gasteiger partial charge in [0.1, 0.15) is 5.56 Å². The van der Waals surface area contributed by atoms with Crippen LogP contribution in [0.15, 0.2) is 21.1 Å². The van der Waals surface area contributed by atoms with Crippen LogP contribution in [0, 0.1) is 0 Å². The van der Waals surface area contributed by atoms with Crippen LogP contribution in [0.25, 0.3) is 11.5 Å². The van der Waals surface area contributed by atoms with Crippen molar-refractivity contribution in [3.05, 3.63) is 28.7 Å². The van der Waals surface area contributed by atoms with Crippen LogP contribution in [0.1, 0.15) is 22.5 Å². The van der Waals surface area contributed by atoms with Crippen LogP contribution in [0.5, 0.6) is 0 Å². The van der Waals surface area contributed by atoms with E-state index in [0.29, 0.717) is 0 Å². The molecule has 0 saturated carbocycles. The van der Waals surface area contributed by atoms with Crippen molar-refractivity contribution in [3.63, 3.8) is 0 Å². The Morgan fingerprint density at radius 2 is 2.18 bits per heavy atom. The molecule has 0 aliphatic carbocycles. The molecule has 0 fully saturated rings. The van der Waals surface area contributed by atoms with Gasteiger partial charge in [-0.15, -0.1) is 0 Å². The van der Waals surface area contributed by atoms with E-state index in [9.17, 15) is 13.6 Å². The van der Waals surface area contributed by atoms with E-state index in [1.807, 2.05) is 0 Å². The van der Waals surface area contributed by atoms with Gasteiger partial charge in [0, 0.05) is 0 Å². The number of carbonyl (C=O) groups is 1. The molecule has 0 atom stereocenters. The number of hydrogen-bond acceptors (Lipinski definition) is 4. The minimum absolute atomic E-state index is 0.0158. The van der Waals surface area contributed by atoms with Crippen LogP contribution >= 0.6 is 11.6 Å². The van der Waals surface area contributed by atoms with Crippen molar-refractivity contribution in [2.75, 3.05) is 0 Å². The summed E-state index contributed by atoms with van der Waals surface area (Å²) in [4.78, 5) is 10.9. The molecule has 2 rings (SSSR count). The summed E-state index contributed by atoms with van der Waals surface area (Å²) < 4.78 is 34.1.